The van der Waals surface area contributed by atoms with E-state index in [9.17, 15) is 0 Å². The Morgan fingerprint density at radius 2 is 1.95 bits per heavy atom. The summed E-state index contributed by atoms with van der Waals surface area (Å²) in [6.07, 6.45) is 1.80. The molecule has 2 heterocycles. The first kappa shape index (κ1) is 12.5. The molecule has 0 spiro atoms. The van der Waals surface area contributed by atoms with Gasteiger partial charge in [-0.1, -0.05) is 18.2 Å². The van der Waals surface area contributed by atoms with Crippen LogP contribution in [0.15, 0.2) is 42.6 Å². The predicted octanol–water partition coefficient (Wildman–Crippen LogP) is 3.43. The van der Waals surface area contributed by atoms with Gasteiger partial charge in [0.05, 0.1) is 5.52 Å². The van der Waals surface area contributed by atoms with Gasteiger partial charge in [0.1, 0.15) is 5.82 Å². The largest absolute Gasteiger partial charge is 0.370 e. The molecule has 0 amide bonds. The van der Waals surface area contributed by atoms with Crippen LogP contribution in [0.3, 0.4) is 0 Å². The van der Waals surface area contributed by atoms with E-state index in [2.05, 4.69) is 27.2 Å². The number of para-hydroxylation sites is 1. The Bertz CT molecular complexity index is 747. The average molecular weight is 264 g/mol. The van der Waals surface area contributed by atoms with E-state index in [1.165, 1.54) is 0 Å². The summed E-state index contributed by atoms with van der Waals surface area (Å²) in [6.45, 7) is 4.87. The zero-order chi connectivity index (χ0) is 13.9. The Morgan fingerprint density at radius 3 is 2.80 bits per heavy atom. The van der Waals surface area contributed by atoms with Crippen LogP contribution in [0.4, 0.5) is 5.82 Å². The van der Waals surface area contributed by atoms with E-state index in [4.69, 9.17) is 0 Å². The second-order valence-electron chi connectivity index (χ2n) is 4.63. The number of anilines is 1. The van der Waals surface area contributed by atoms with Gasteiger partial charge in [0, 0.05) is 35.5 Å². The molecule has 3 rings (SSSR count). The van der Waals surface area contributed by atoms with Gasteiger partial charge in [0.15, 0.2) is 5.82 Å². The number of rotatable bonds is 3. The van der Waals surface area contributed by atoms with Crippen LogP contribution in [0.1, 0.15) is 12.6 Å². The van der Waals surface area contributed by atoms with Crippen molar-refractivity contribution < 1.29 is 0 Å². The standard InChI is InChI=1S/C16H16N4/c1-3-17-14-10-11(2)19-16(20-14)13-8-4-6-12-7-5-9-18-15(12)13/h4-10H,3H2,1-2H3,(H,17,19,20). The van der Waals surface area contributed by atoms with E-state index >= 15 is 0 Å². The molecular weight excluding hydrogens is 248 g/mol. The van der Waals surface area contributed by atoms with Crippen LogP contribution in [-0.4, -0.2) is 21.5 Å². The second kappa shape index (κ2) is 5.25. The van der Waals surface area contributed by atoms with Crippen molar-refractivity contribution in [3.05, 3.63) is 48.3 Å². The maximum absolute atomic E-state index is 4.58. The molecule has 4 heteroatoms. The lowest BCUT2D eigenvalue weighted by molar-refractivity contribution is 1.08. The van der Waals surface area contributed by atoms with Crippen molar-refractivity contribution in [1.29, 1.82) is 0 Å². The maximum Gasteiger partial charge on any atom is 0.163 e. The highest BCUT2D eigenvalue weighted by molar-refractivity contribution is 5.91. The summed E-state index contributed by atoms with van der Waals surface area (Å²) in [4.78, 5) is 13.6. The minimum absolute atomic E-state index is 0.713. The zero-order valence-corrected chi connectivity index (χ0v) is 11.6. The topological polar surface area (TPSA) is 50.7 Å². The molecule has 0 unspecified atom stereocenters. The summed E-state index contributed by atoms with van der Waals surface area (Å²) in [5, 5.41) is 4.33. The van der Waals surface area contributed by atoms with Crippen molar-refractivity contribution in [1.82, 2.24) is 15.0 Å². The minimum atomic E-state index is 0.713. The molecule has 1 N–H and O–H groups in total. The molecule has 0 saturated carbocycles. The second-order valence-corrected chi connectivity index (χ2v) is 4.63. The number of hydrogen-bond acceptors (Lipinski definition) is 4. The first-order valence-electron chi connectivity index (χ1n) is 6.71. The van der Waals surface area contributed by atoms with Crippen molar-refractivity contribution in [2.45, 2.75) is 13.8 Å². The summed E-state index contributed by atoms with van der Waals surface area (Å²) < 4.78 is 0. The van der Waals surface area contributed by atoms with Gasteiger partial charge < -0.3 is 5.32 Å². The van der Waals surface area contributed by atoms with Gasteiger partial charge in [-0.15, -0.1) is 0 Å². The van der Waals surface area contributed by atoms with E-state index in [0.29, 0.717) is 5.82 Å². The quantitative estimate of drug-likeness (QED) is 0.787. The molecule has 0 saturated heterocycles. The Labute approximate surface area is 117 Å². The number of hydrogen-bond donors (Lipinski definition) is 1. The molecule has 3 aromatic rings. The number of nitrogens with zero attached hydrogens (tertiary/aromatic N) is 3. The van der Waals surface area contributed by atoms with Crippen molar-refractivity contribution in [3.8, 4) is 11.4 Å². The Morgan fingerprint density at radius 1 is 1.10 bits per heavy atom. The van der Waals surface area contributed by atoms with Gasteiger partial charge in [-0.05, 0) is 26.0 Å². The average Bonchev–Trinajstić information content (AvgIpc) is 2.46. The van der Waals surface area contributed by atoms with Gasteiger partial charge in [-0.3, -0.25) is 4.98 Å². The molecule has 0 bridgehead atoms. The molecule has 0 aliphatic heterocycles. The van der Waals surface area contributed by atoms with Crippen LogP contribution in [0, 0.1) is 6.92 Å². The number of fused-ring (bicyclic) bond motifs is 1. The van der Waals surface area contributed by atoms with Gasteiger partial charge >= 0.3 is 0 Å². The first-order chi connectivity index (χ1) is 9.78. The fourth-order valence-corrected chi connectivity index (χ4v) is 2.25. The minimum Gasteiger partial charge on any atom is -0.370 e. The molecule has 4 nitrogen and oxygen atoms in total. The number of aryl methyl sites for hydroxylation is 1. The molecule has 0 atom stereocenters. The summed E-state index contributed by atoms with van der Waals surface area (Å²) in [7, 11) is 0. The molecule has 0 aliphatic carbocycles. The van der Waals surface area contributed by atoms with Crippen molar-refractivity contribution in [2.75, 3.05) is 11.9 Å². The van der Waals surface area contributed by atoms with Crippen LogP contribution in [0.5, 0.6) is 0 Å². The molecular formula is C16H16N4. The molecule has 0 fully saturated rings. The molecule has 2 aromatic heterocycles. The fourth-order valence-electron chi connectivity index (χ4n) is 2.25. The predicted molar refractivity (Wildman–Crippen MR) is 81.7 cm³/mol. The molecule has 0 aliphatic rings. The van der Waals surface area contributed by atoms with E-state index in [-0.39, 0.29) is 0 Å². The number of nitrogens with one attached hydrogen (secondary N) is 1. The lowest BCUT2D eigenvalue weighted by Crippen LogP contribution is -2.03. The molecule has 0 radical (unpaired) electrons. The SMILES string of the molecule is CCNc1cc(C)nc(-c2cccc3cccnc23)n1. The van der Waals surface area contributed by atoms with Crippen LogP contribution >= 0.6 is 0 Å². The van der Waals surface area contributed by atoms with Crippen molar-refractivity contribution in [3.63, 3.8) is 0 Å². The third kappa shape index (κ3) is 2.32. The van der Waals surface area contributed by atoms with Crippen molar-refractivity contribution in [2.24, 2.45) is 0 Å². The summed E-state index contributed by atoms with van der Waals surface area (Å²) in [5.74, 6) is 1.56. The third-order valence-corrected chi connectivity index (χ3v) is 3.09. The van der Waals surface area contributed by atoms with E-state index in [1.807, 2.05) is 43.3 Å². The Balaban J connectivity index is 2.20. The monoisotopic (exact) mass is 264 g/mol. The summed E-state index contributed by atoms with van der Waals surface area (Å²) in [5.41, 5.74) is 2.84. The van der Waals surface area contributed by atoms with Gasteiger partial charge in [-0.2, -0.15) is 0 Å². The van der Waals surface area contributed by atoms with Crippen LogP contribution in [0.2, 0.25) is 0 Å². The highest BCUT2D eigenvalue weighted by Crippen LogP contribution is 2.25. The van der Waals surface area contributed by atoms with Gasteiger partial charge in [-0.25, -0.2) is 9.97 Å². The Hall–Kier alpha value is -2.49. The number of aromatic nitrogens is 3. The van der Waals surface area contributed by atoms with E-state index in [1.54, 1.807) is 6.20 Å². The zero-order valence-electron chi connectivity index (χ0n) is 11.6. The van der Waals surface area contributed by atoms with Crippen LogP contribution in [-0.2, 0) is 0 Å². The molecule has 20 heavy (non-hydrogen) atoms. The fraction of sp³-hybridized carbons (Fsp3) is 0.188. The highest BCUT2D eigenvalue weighted by Gasteiger charge is 2.09. The van der Waals surface area contributed by atoms with Crippen LogP contribution < -0.4 is 5.32 Å². The van der Waals surface area contributed by atoms with E-state index < -0.39 is 0 Å². The lowest BCUT2D eigenvalue weighted by atomic mass is 10.1. The van der Waals surface area contributed by atoms with Crippen LogP contribution in [0.25, 0.3) is 22.3 Å². The van der Waals surface area contributed by atoms with E-state index in [0.717, 1.165) is 34.5 Å². The first-order valence-corrected chi connectivity index (χ1v) is 6.71. The molecule has 1 aromatic carbocycles. The van der Waals surface area contributed by atoms with Gasteiger partial charge in [0.2, 0.25) is 0 Å². The number of benzene rings is 1. The van der Waals surface area contributed by atoms with Gasteiger partial charge in [0.25, 0.3) is 0 Å². The smallest absolute Gasteiger partial charge is 0.163 e. The Kier molecular flexibility index (Phi) is 3.29. The highest BCUT2D eigenvalue weighted by atomic mass is 15.0. The maximum atomic E-state index is 4.58. The normalized spacial score (nSPS) is 10.7. The lowest BCUT2D eigenvalue weighted by Gasteiger charge is -2.08. The third-order valence-electron chi connectivity index (χ3n) is 3.09. The number of pyridine rings is 1. The molecule has 100 valence electrons. The summed E-state index contributed by atoms with van der Waals surface area (Å²) in [6, 6.07) is 12.0. The van der Waals surface area contributed by atoms with Crippen molar-refractivity contribution >= 4 is 16.7 Å². The summed E-state index contributed by atoms with van der Waals surface area (Å²) >= 11 is 0.